The monoisotopic (exact) mass is 420 g/mol. The number of aromatic nitrogens is 1. The Labute approximate surface area is 175 Å². The van der Waals surface area contributed by atoms with Gasteiger partial charge in [-0.1, -0.05) is 24.3 Å². The van der Waals surface area contributed by atoms with Crippen LogP contribution in [0.15, 0.2) is 82.4 Å². The van der Waals surface area contributed by atoms with Crippen molar-refractivity contribution in [3.05, 3.63) is 89.7 Å². The van der Waals surface area contributed by atoms with Crippen LogP contribution in [0.3, 0.4) is 0 Å². The summed E-state index contributed by atoms with van der Waals surface area (Å²) in [5, 5.41) is 2.84. The van der Waals surface area contributed by atoms with Crippen LogP contribution in [0.5, 0.6) is 0 Å². The number of carbonyl (C=O) groups excluding carboxylic acids is 1. The number of nitrogens with zero attached hydrogens (tertiary/aromatic N) is 3. The van der Waals surface area contributed by atoms with E-state index in [1.54, 1.807) is 37.6 Å². The molecule has 1 N–H and O–H groups in total. The van der Waals surface area contributed by atoms with Crippen LogP contribution in [-0.4, -0.2) is 43.6 Å². The third-order valence-electron chi connectivity index (χ3n) is 4.75. The minimum atomic E-state index is -3.71. The van der Waals surface area contributed by atoms with E-state index in [0.29, 0.717) is 11.3 Å². The van der Waals surface area contributed by atoms with Crippen molar-refractivity contribution < 1.29 is 13.2 Å². The summed E-state index contributed by atoms with van der Waals surface area (Å²) in [6, 6.07) is 18.2. The van der Waals surface area contributed by atoms with Gasteiger partial charge >= 0.3 is 0 Å². The molecule has 0 radical (unpaired) electrons. The first-order valence-corrected chi connectivity index (χ1v) is 10.8. The molecule has 2 aromatic carbocycles. The number of anilines is 1. The minimum Gasteiger partial charge on any atom is -0.349 e. The van der Waals surface area contributed by atoms with Gasteiger partial charge in [-0.05, 0) is 53.9 Å². The summed E-state index contributed by atoms with van der Waals surface area (Å²) in [6.45, 7) is -0.0263. The van der Waals surface area contributed by atoms with Crippen LogP contribution in [0.1, 0.15) is 16.7 Å². The van der Waals surface area contributed by atoms with E-state index in [4.69, 9.17) is 0 Å². The lowest BCUT2D eigenvalue weighted by Gasteiger charge is -2.18. The predicted octanol–water partition coefficient (Wildman–Crippen LogP) is 2.69. The van der Waals surface area contributed by atoms with Crippen molar-refractivity contribution in [3.63, 3.8) is 0 Å². The number of nitrogens with one attached hydrogen (secondary N) is 1. The van der Waals surface area contributed by atoms with Crippen molar-refractivity contribution in [1.29, 1.82) is 0 Å². The second-order valence-electron chi connectivity index (χ2n) is 7.02. The SMILES string of the molecule is CN(CC(=O)Nc1ccc(Cc2ccncc2)cc1)C1=NS(=O)(=O)c2ccccc21. The summed E-state index contributed by atoms with van der Waals surface area (Å²) in [5.74, 6) is 0.0114. The van der Waals surface area contributed by atoms with Gasteiger partial charge < -0.3 is 10.2 Å². The third kappa shape index (κ3) is 4.23. The highest BCUT2D eigenvalue weighted by Gasteiger charge is 2.30. The number of hydrogen-bond donors (Lipinski definition) is 1. The number of rotatable bonds is 5. The Bertz CT molecular complexity index is 1210. The quantitative estimate of drug-likeness (QED) is 0.685. The predicted molar refractivity (Wildman–Crippen MR) is 115 cm³/mol. The van der Waals surface area contributed by atoms with Gasteiger partial charge in [0.25, 0.3) is 10.0 Å². The van der Waals surface area contributed by atoms with Crippen LogP contribution in [-0.2, 0) is 21.2 Å². The molecule has 0 bridgehead atoms. The van der Waals surface area contributed by atoms with Gasteiger partial charge in [-0.3, -0.25) is 9.78 Å². The van der Waals surface area contributed by atoms with E-state index >= 15 is 0 Å². The molecule has 0 aliphatic carbocycles. The number of sulfonamides is 1. The molecule has 1 amide bonds. The fourth-order valence-electron chi connectivity index (χ4n) is 3.30. The first-order chi connectivity index (χ1) is 14.4. The average molecular weight is 420 g/mol. The maximum Gasteiger partial charge on any atom is 0.285 e. The second-order valence-corrected chi connectivity index (χ2v) is 8.59. The number of likely N-dealkylation sites (N-methyl/N-ethyl adjacent to an activating group) is 1. The van der Waals surface area contributed by atoms with Gasteiger partial charge in [0.2, 0.25) is 5.91 Å². The van der Waals surface area contributed by atoms with E-state index < -0.39 is 10.0 Å². The van der Waals surface area contributed by atoms with Gasteiger partial charge in [-0.25, -0.2) is 0 Å². The smallest absolute Gasteiger partial charge is 0.285 e. The summed E-state index contributed by atoms with van der Waals surface area (Å²) >= 11 is 0. The Morgan fingerprint density at radius 2 is 1.63 bits per heavy atom. The molecule has 4 rings (SSSR count). The first kappa shape index (κ1) is 19.8. The Hall–Kier alpha value is -3.52. The van der Waals surface area contributed by atoms with Crippen LogP contribution in [0, 0.1) is 0 Å². The number of amidine groups is 1. The second kappa shape index (κ2) is 8.08. The topological polar surface area (TPSA) is 91.7 Å². The molecule has 3 aromatic rings. The zero-order valence-electron chi connectivity index (χ0n) is 16.3. The van der Waals surface area contributed by atoms with Gasteiger partial charge in [-0.15, -0.1) is 4.40 Å². The largest absolute Gasteiger partial charge is 0.349 e. The number of amides is 1. The lowest BCUT2D eigenvalue weighted by Crippen LogP contribution is -2.34. The van der Waals surface area contributed by atoms with Crippen molar-refractivity contribution in [3.8, 4) is 0 Å². The molecule has 0 saturated heterocycles. The van der Waals surface area contributed by atoms with E-state index in [1.165, 1.54) is 11.0 Å². The Morgan fingerprint density at radius 3 is 2.37 bits per heavy atom. The molecular formula is C22H20N4O3S. The lowest BCUT2D eigenvalue weighted by atomic mass is 10.1. The van der Waals surface area contributed by atoms with E-state index in [1.807, 2.05) is 36.4 Å². The molecule has 152 valence electrons. The van der Waals surface area contributed by atoms with Gasteiger partial charge in [0, 0.05) is 30.7 Å². The van der Waals surface area contributed by atoms with Crippen molar-refractivity contribution in [2.75, 3.05) is 18.9 Å². The maximum atomic E-state index is 12.5. The van der Waals surface area contributed by atoms with Crippen LogP contribution >= 0.6 is 0 Å². The number of pyridine rings is 1. The number of hydrogen-bond acceptors (Lipinski definition) is 5. The Balaban J connectivity index is 1.39. The minimum absolute atomic E-state index is 0.0263. The van der Waals surface area contributed by atoms with E-state index in [-0.39, 0.29) is 23.2 Å². The highest BCUT2D eigenvalue weighted by Crippen LogP contribution is 2.26. The van der Waals surface area contributed by atoms with E-state index in [9.17, 15) is 13.2 Å². The highest BCUT2D eigenvalue weighted by atomic mass is 32.2. The summed E-state index contributed by atoms with van der Waals surface area (Å²) in [5.41, 5.74) is 3.47. The normalized spacial score (nSPS) is 14.0. The molecule has 0 fully saturated rings. The summed E-state index contributed by atoms with van der Waals surface area (Å²) in [7, 11) is -2.07. The summed E-state index contributed by atoms with van der Waals surface area (Å²) < 4.78 is 28.2. The lowest BCUT2D eigenvalue weighted by molar-refractivity contribution is -0.116. The number of fused-ring (bicyclic) bond motifs is 1. The third-order valence-corrected chi connectivity index (χ3v) is 6.08. The first-order valence-electron chi connectivity index (χ1n) is 9.35. The molecular weight excluding hydrogens is 400 g/mol. The molecule has 7 nitrogen and oxygen atoms in total. The standard InChI is InChI=1S/C22H20N4O3S/c1-26(22-19-4-2-3-5-20(19)30(28,29)25-22)15-21(27)24-18-8-6-16(7-9-18)14-17-10-12-23-13-11-17/h2-13H,14-15H2,1H3,(H,24,27). The zero-order valence-corrected chi connectivity index (χ0v) is 17.1. The summed E-state index contributed by atoms with van der Waals surface area (Å²) in [4.78, 5) is 18.2. The Kier molecular flexibility index (Phi) is 5.33. The molecule has 1 aliphatic rings. The highest BCUT2D eigenvalue weighted by molar-refractivity contribution is 7.90. The fraction of sp³-hybridized carbons (Fsp3) is 0.136. The van der Waals surface area contributed by atoms with E-state index in [2.05, 4.69) is 14.7 Å². The van der Waals surface area contributed by atoms with Crippen LogP contribution < -0.4 is 5.32 Å². The van der Waals surface area contributed by atoms with Gasteiger partial charge in [0.1, 0.15) is 4.90 Å². The van der Waals surface area contributed by atoms with Gasteiger partial charge in [0.05, 0.1) is 6.54 Å². The molecule has 0 atom stereocenters. The zero-order chi connectivity index (χ0) is 21.1. The van der Waals surface area contributed by atoms with Crippen LogP contribution in [0.2, 0.25) is 0 Å². The van der Waals surface area contributed by atoms with Crippen LogP contribution in [0.4, 0.5) is 5.69 Å². The summed E-state index contributed by atoms with van der Waals surface area (Å²) in [6.07, 6.45) is 4.31. The molecule has 1 aliphatic heterocycles. The van der Waals surface area contributed by atoms with Crippen molar-refractivity contribution in [2.45, 2.75) is 11.3 Å². The Morgan fingerprint density at radius 1 is 0.967 bits per heavy atom. The molecule has 0 saturated carbocycles. The van der Waals surface area contributed by atoms with Crippen molar-refractivity contribution >= 4 is 27.5 Å². The van der Waals surface area contributed by atoms with Crippen LogP contribution in [0.25, 0.3) is 0 Å². The number of benzene rings is 2. The van der Waals surface area contributed by atoms with Gasteiger partial charge in [-0.2, -0.15) is 8.42 Å². The average Bonchev–Trinajstić information content (AvgIpc) is 3.02. The fourth-order valence-corrected chi connectivity index (χ4v) is 4.55. The van der Waals surface area contributed by atoms with E-state index in [0.717, 1.165) is 17.5 Å². The maximum absolute atomic E-state index is 12.5. The molecule has 2 heterocycles. The van der Waals surface area contributed by atoms with Crippen molar-refractivity contribution in [2.24, 2.45) is 4.40 Å². The molecule has 0 unspecified atom stereocenters. The molecule has 30 heavy (non-hydrogen) atoms. The molecule has 8 heteroatoms. The van der Waals surface area contributed by atoms with Gasteiger partial charge in [0.15, 0.2) is 5.84 Å². The number of carbonyl (C=O) groups is 1. The molecule has 1 aromatic heterocycles. The molecule has 0 spiro atoms. The van der Waals surface area contributed by atoms with Crippen molar-refractivity contribution in [1.82, 2.24) is 9.88 Å².